The highest BCUT2D eigenvalue weighted by Crippen LogP contribution is 2.20. The molecule has 1 aromatic carbocycles. The zero-order valence-corrected chi connectivity index (χ0v) is 17.3. The van der Waals surface area contributed by atoms with E-state index < -0.39 is 15.9 Å². The average Bonchev–Trinajstić information content (AvgIpc) is 2.88. The summed E-state index contributed by atoms with van der Waals surface area (Å²) in [6.07, 6.45) is 5.09. The Balaban J connectivity index is 1.83. The van der Waals surface area contributed by atoms with Gasteiger partial charge in [0.25, 0.3) is 21.5 Å². The minimum atomic E-state index is -3.90. The molecule has 1 fully saturated rings. The first-order chi connectivity index (χ1) is 13.8. The Morgan fingerprint density at radius 3 is 2.66 bits per heavy atom. The standard InChI is InChI=1S/C20H24N4O4S/c1-23-11-5-3-4-9-18(23)22-29(27,28)17-8-6-7-16(14-17)21-20(26)15-10-12-24(2)19(25)13-15/h6-8,10,12-14H,3-5,9,11H2,1-2H3,(H,21,26)/b22-18+. The number of anilines is 1. The number of amides is 1. The number of nitrogens with zero attached hydrogens (tertiary/aromatic N) is 3. The summed E-state index contributed by atoms with van der Waals surface area (Å²) in [6, 6.07) is 8.69. The summed E-state index contributed by atoms with van der Waals surface area (Å²) in [5.41, 5.74) is 0.199. The first kappa shape index (κ1) is 20.8. The van der Waals surface area contributed by atoms with E-state index in [0.717, 1.165) is 25.8 Å². The van der Waals surface area contributed by atoms with Crippen LogP contribution < -0.4 is 10.9 Å². The number of carbonyl (C=O) groups excluding carboxylic acids is 1. The summed E-state index contributed by atoms with van der Waals surface area (Å²) in [5, 5.41) is 2.63. The molecular weight excluding hydrogens is 392 g/mol. The van der Waals surface area contributed by atoms with Crippen LogP contribution in [0, 0.1) is 0 Å². The Kier molecular flexibility index (Phi) is 6.17. The zero-order chi connectivity index (χ0) is 21.0. The first-order valence-corrected chi connectivity index (χ1v) is 10.8. The molecule has 0 radical (unpaired) electrons. The van der Waals surface area contributed by atoms with E-state index in [4.69, 9.17) is 0 Å². The average molecular weight is 417 g/mol. The smallest absolute Gasteiger partial charge is 0.284 e. The maximum atomic E-state index is 12.8. The number of aromatic nitrogens is 1. The molecule has 2 heterocycles. The third-order valence-corrected chi connectivity index (χ3v) is 6.12. The fraction of sp³-hybridized carbons (Fsp3) is 0.350. The van der Waals surface area contributed by atoms with Crippen molar-refractivity contribution in [2.24, 2.45) is 11.4 Å². The van der Waals surface area contributed by atoms with Crippen LogP contribution in [0.4, 0.5) is 5.69 Å². The second-order valence-corrected chi connectivity index (χ2v) is 8.67. The highest BCUT2D eigenvalue weighted by molar-refractivity contribution is 7.90. The largest absolute Gasteiger partial charge is 0.362 e. The molecule has 1 aliphatic heterocycles. The van der Waals surface area contributed by atoms with E-state index in [-0.39, 0.29) is 16.0 Å². The van der Waals surface area contributed by atoms with Gasteiger partial charge in [0, 0.05) is 50.6 Å². The molecule has 0 bridgehead atoms. The quantitative estimate of drug-likeness (QED) is 0.824. The van der Waals surface area contributed by atoms with Gasteiger partial charge in [0.2, 0.25) is 0 Å². The maximum Gasteiger partial charge on any atom is 0.284 e. The van der Waals surface area contributed by atoms with E-state index in [0.29, 0.717) is 17.9 Å². The number of benzene rings is 1. The predicted molar refractivity (Wildman–Crippen MR) is 112 cm³/mol. The molecule has 0 unspecified atom stereocenters. The van der Waals surface area contributed by atoms with E-state index in [9.17, 15) is 18.0 Å². The van der Waals surface area contributed by atoms with Crippen LogP contribution >= 0.6 is 0 Å². The van der Waals surface area contributed by atoms with Crippen molar-refractivity contribution in [1.29, 1.82) is 0 Å². The van der Waals surface area contributed by atoms with Crippen molar-refractivity contribution in [3.63, 3.8) is 0 Å². The molecule has 1 N–H and O–H groups in total. The van der Waals surface area contributed by atoms with Gasteiger partial charge in [-0.1, -0.05) is 12.5 Å². The number of pyridine rings is 1. The fourth-order valence-electron chi connectivity index (χ4n) is 3.06. The van der Waals surface area contributed by atoms with Crippen LogP contribution in [0.3, 0.4) is 0 Å². The van der Waals surface area contributed by atoms with Gasteiger partial charge in [0.05, 0.1) is 4.90 Å². The van der Waals surface area contributed by atoms with Gasteiger partial charge >= 0.3 is 0 Å². The molecule has 0 saturated carbocycles. The van der Waals surface area contributed by atoms with Crippen LogP contribution in [0.1, 0.15) is 36.0 Å². The molecule has 9 heteroatoms. The summed E-state index contributed by atoms with van der Waals surface area (Å²) >= 11 is 0. The van der Waals surface area contributed by atoms with Gasteiger partial charge in [-0.3, -0.25) is 9.59 Å². The second-order valence-electron chi connectivity index (χ2n) is 7.06. The van der Waals surface area contributed by atoms with Crippen molar-refractivity contribution in [1.82, 2.24) is 9.47 Å². The third kappa shape index (κ3) is 5.11. The molecule has 1 saturated heterocycles. The van der Waals surface area contributed by atoms with Crippen molar-refractivity contribution in [3.05, 3.63) is 58.5 Å². The number of likely N-dealkylation sites (tertiary alicyclic amines) is 1. The Bertz CT molecular complexity index is 1110. The number of hydrogen-bond acceptors (Lipinski definition) is 4. The lowest BCUT2D eigenvalue weighted by Crippen LogP contribution is -2.26. The Labute approximate surface area is 169 Å². The van der Waals surface area contributed by atoms with Crippen LogP contribution in [0.5, 0.6) is 0 Å². The van der Waals surface area contributed by atoms with Crippen LogP contribution in [0.25, 0.3) is 0 Å². The van der Waals surface area contributed by atoms with E-state index in [2.05, 4.69) is 9.71 Å². The monoisotopic (exact) mass is 416 g/mol. The SMILES string of the molecule is CN1CCCCC/C1=N\S(=O)(=O)c1cccc(NC(=O)c2ccn(C)c(=O)c2)c1. The van der Waals surface area contributed by atoms with Gasteiger partial charge in [-0.15, -0.1) is 4.40 Å². The molecule has 1 aromatic heterocycles. The second kappa shape index (κ2) is 8.60. The Morgan fingerprint density at radius 2 is 1.90 bits per heavy atom. The molecule has 0 atom stereocenters. The lowest BCUT2D eigenvalue weighted by molar-refractivity contribution is 0.102. The van der Waals surface area contributed by atoms with Gasteiger partial charge in [-0.25, -0.2) is 0 Å². The number of carbonyl (C=O) groups is 1. The number of rotatable bonds is 4. The van der Waals surface area contributed by atoms with Crippen molar-refractivity contribution in [2.75, 3.05) is 18.9 Å². The molecule has 2 aromatic rings. The maximum absolute atomic E-state index is 12.8. The first-order valence-electron chi connectivity index (χ1n) is 9.39. The number of aryl methyl sites for hydroxylation is 1. The Morgan fingerprint density at radius 1 is 1.10 bits per heavy atom. The van der Waals surface area contributed by atoms with Gasteiger partial charge < -0.3 is 14.8 Å². The molecule has 29 heavy (non-hydrogen) atoms. The lowest BCUT2D eigenvalue weighted by atomic mass is 10.2. The molecule has 3 rings (SSSR count). The summed E-state index contributed by atoms with van der Waals surface area (Å²) in [7, 11) is -0.466. The minimum Gasteiger partial charge on any atom is -0.362 e. The number of nitrogens with one attached hydrogen (secondary N) is 1. The van der Waals surface area contributed by atoms with Crippen LogP contribution in [-0.2, 0) is 17.1 Å². The highest BCUT2D eigenvalue weighted by Gasteiger charge is 2.19. The molecule has 0 aliphatic carbocycles. The van der Waals surface area contributed by atoms with Crippen molar-refractivity contribution in [2.45, 2.75) is 30.6 Å². The van der Waals surface area contributed by atoms with Gasteiger partial charge in [-0.2, -0.15) is 8.42 Å². The van der Waals surface area contributed by atoms with E-state index in [1.54, 1.807) is 19.2 Å². The van der Waals surface area contributed by atoms with Crippen LogP contribution in [0.2, 0.25) is 0 Å². The normalized spacial score (nSPS) is 16.5. The van der Waals surface area contributed by atoms with E-state index >= 15 is 0 Å². The number of amidine groups is 1. The van der Waals surface area contributed by atoms with Crippen LogP contribution in [0.15, 0.2) is 56.7 Å². The van der Waals surface area contributed by atoms with Gasteiger partial charge in [0.1, 0.15) is 5.84 Å². The molecule has 1 aliphatic rings. The molecule has 154 valence electrons. The number of sulfonamides is 1. The highest BCUT2D eigenvalue weighted by atomic mass is 32.2. The van der Waals surface area contributed by atoms with Crippen molar-refractivity contribution < 1.29 is 13.2 Å². The molecule has 0 spiro atoms. The van der Waals surface area contributed by atoms with Gasteiger partial charge in [0.15, 0.2) is 0 Å². The lowest BCUT2D eigenvalue weighted by Gasteiger charge is -2.17. The summed E-state index contributed by atoms with van der Waals surface area (Å²) in [5.74, 6) is 0.0594. The van der Waals surface area contributed by atoms with Crippen LogP contribution in [-0.4, -0.2) is 43.2 Å². The van der Waals surface area contributed by atoms with E-state index in [1.165, 1.54) is 35.0 Å². The minimum absolute atomic E-state index is 0.00409. The number of hydrogen-bond donors (Lipinski definition) is 1. The topological polar surface area (TPSA) is 101 Å². The summed E-state index contributed by atoms with van der Waals surface area (Å²) in [4.78, 5) is 26.0. The zero-order valence-electron chi connectivity index (χ0n) is 16.5. The van der Waals surface area contributed by atoms with Crippen molar-refractivity contribution >= 4 is 27.5 Å². The van der Waals surface area contributed by atoms with Crippen molar-refractivity contribution in [3.8, 4) is 0 Å². The summed E-state index contributed by atoms with van der Waals surface area (Å²) < 4.78 is 30.9. The molecular formula is C20H24N4O4S. The summed E-state index contributed by atoms with van der Waals surface area (Å²) in [6.45, 7) is 0.779. The van der Waals surface area contributed by atoms with Gasteiger partial charge in [-0.05, 0) is 37.1 Å². The van der Waals surface area contributed by atoms with E-state index in [1.807, 2.05) is 11.9 Å². The predicted octanol–water partition coefficient (Wildman–Crippen LogP) is 2.23. The fourth-order valence-corrected chi connectivity index (χ4v) is 4.20. The molecule has 1 amide bonds. The Hall–Kier alpha value is -2.94. The third-order valence-electron chi connectivity index (χ3n) is 4.82. The molecule has 8 nitrogen and oxygen atoms in total.